The molecule has 0 spiro atoms. The first kappa shape index (κ1) is 11.7. The van der Waals surface area contributed by atoms with Crippen molar-refractivity contribution in [1.82, 2.24) is 9.88 Å². The summed E-state index contributed by atoms with van der Waals surface area (Å²) in [5.74, 6) is 0. The number of fused-ring (bicyclic) bond motifs is 1. The molecule has 2 aromatic rings. The number of rotatable bonds is 3. The molecule has 0 fully saturated rings. The molecule has 3 heteroatoms. The van der Waals surface area contributed by atoms with Gasteiger partial charge in [0.25, 0.3) is 0 Å². The number of hydrogen-bond donors (Lipinski definition) is 1. The SMILES string of the molecule is CNCCc1c(Br)c2cccc(C)c2n1C. The molecule has 1 heterocycles. The summed E-state index contributed by atoms with van der Waals surface area (Å²) in [5.41, 5.74) is 4.02. The van der Waals surface area contributed by atoms with Gasteiger partial charge in [0.15, 0.2) is 0 Å². The number of benzene rings is 1. The van der Waals surface area contributed by atoms with Crippen LogP contribution < -0.4 is 5.32 Å². The van der Waals surface area contributed by atoms with Gasteiger partial charge in [-0.15, -0.1) is 0 Å². The third-order valence-corrected chi connectivity index (χ3v) is 3.96. The van der Waals surface area contributed by atoms with Crippen LogP contribution in [0.3, 0.4) is 0 Å². The van der Waals surface area contributed by atoms with Gasteiger partial charge in [0, 0.05) is 35.6 Å². The number of hydrogen-bond acceptors (Lipinski definition) is 1. The van der Waals surface area contributed by atoms with E-state index in [1.165, 1.54) is 26.6 Å². The summed E-state index contributed by atoms with van der Waals surface area (Å²) in [5, 5.41) is 4.51. The van der Waals surface area contributed by atoms with Crippen molar-refractivity contribution in [2.75, 3.05) is 13.6 Å². The predicted molar refractivity (Wildman–Crippen MR) is 73.0 cm³/mol. The molecule has 0 atom stereocenters. The number of halogens is 1. The standard InChI is InChI=1S/C13H17BrN2/c1-9-5-4-6-10-12(14)11(7-8-15-2)16(3)13(9)10/h4-6,15H,7-8H2,1-3H3. The zero-order chi connectivity index (χ0) is 11.7. The highest BCUT2D eigenvalue weighted by atomic mass is 79.9. The Hall–Kier alpha value is -0.800. The number of aromatic nitrogens is 1. The summed E-state index contributed by atoms with van der Waals surface area (Å²) >= 11 is 3.72. The first-order chi connectivity index (χ1) is 7.66. The maximum Gasteiger partial charge on any atom is 0.0521 e. The van der Waals surface area contributed by atoms with Crippen molar-refractivity contribution in [3.8, 4) is 0 Å². The minimum absolute atomic E-state index is 1.00. The molecular weight excluding hydrogens is 264 g/mol. The molecule has 0 saturated heterocycles. The van der Waals surface area contributed by atoms with E-state index >= 15 is 0 Å². The van der Waals surface area contributed by atoms with Crippen LogP contribution in [0.2, 0.25) is 0 Å². The van der Waals surface area contributed by atoms with Crippen LogP contribution in [0.25, 0.3) is 10.9 Å². The Labute approximate surface area is 105 Å². The number of aryl methyl sites for hydroxylation is 2. The molecular formula is C13H17BrN2. The highest BCUT2D eigenvalue weighted by Gasteiger charge is 2.13. The number of nitrogens with one attached hydrogen (secondary N) is 1. The van der Waals surface area contributed by atoms with E-state index in [0.29, 0.717) is 0 Å². The number of para-hydroxylation sites is 1. The molecule has 0 bridgehead atoms. The molecule has 1 N–H and O–H groups in total. The molecule has 0 radical (unpaired) electrons. The third kappa shape index (κ3) is 1.78. The molecule has 16 heavy (non-hydrogen) atoms. The van der Waals surface area contributed by atoms with Crippen molar-refractivity contribution in [2.45, 2.75) is 13.3 Å². The Kier molecular flexibility index (Phi) is 3.36. The van der Waals surface area contributed by atoms with Crippen molar-refractivity contribution < 1.29 is 0 Å². The smallest absolute Gasteiger partial charge is 0.0521 e. The van der Waals surface area contributed by atoms with Crippen LogP contribution in [0.5, 0.6) is 0 Å². The van der Waals surface area contributed by atoms with Gasteiger partial charge >= 0.3 is 0 Å². The Bertz CT molecular complexity index is 514. The van der Waals surface area contributed by atoms with Gasteiger partial charge in [0.2, 0.25) is 0 Å². The summed E-state index contributed by atoms with van der Waals surface area (Å²) < 4.78 is 3.54. The van der Waals surface area contributed by atoms with E-state index in [0.717, 1.165) is 13.0 Å². The molecule has 1 aromatic heterocycles. The van der Waals surface area contributed by atoms with Crippen LogP contribution in [0.15, 0.2) is 22.7 Å². The molecule has 0 amide bonds. The largest absolute Gasteiger partial charge is 0.346 e. The van der Waals surface area contributed by atoms with Gasteiger partial charge in [0.05, 0.1) is 5.52 Å². The first-order valence-corrected chi connectivity index (χ1v) is 6.33. The summed E-state index contributed by atoms with van der Waals surface area (Å²) in [6.45, 7) is 3.17. The molecule has 2 nitrogen and oxygen atoms in total. The summed E-state index contributed by atoms with van der Waals surface area (Å²) in [6, 6.07) is 6.45. The van der Waals surface area contributed by atoms with Crippen molar-refractivity contribution in [3.63, 3.8) is 0 Å². The average molecular weight is 281 g/mol. The second-order valence-electron chi connectivity index (χ2n) is 4.14. The molecule has 0 unspecified atom stereocenters. The van der Waals surface area contributed by atoms with E-state index in [1.807, 2.05) is 7.05 Å². The van der Waals surface area contributed by atoms with Gasteiger partial charge < -0.3 is 9.88 Å². The number of nitrogens with zero attached hydrogens (tertiary/aromatic N) is 1. The van der Waals surface area contributed by atoms with Gasteiger partial charge in [-0.25, -0.2) is 0 Å². The molecule has 1 aromatic carbocycles. The lowest BCUT2D eigenvalue weighted by Gasteiger charge is -2.05. The average Bonchev–Trinajstić information content (AvgIpc) is 2.51. The lowest BCUT2D eigenvalue weighted by molar-refractivity contribution is 0.743. The Balaban J connectivity index is 2.62. The van der Waals surface area contributed by atoms with Crippen molar-refractivity contribution in [3.05, 3.63) is 33.9 Å². The lowest BCUT2D eigenvalue weighted by atomic mass is 10.1. The molecule has 0 aliphatic rings. The fraction of sp³-hybridized carbons (Fsp3) is 0.385. The van der Waals surface area contributed by atoms with Crippen LogP contribution in [0.1, 0.15) is 11.3 Å². The van der Waals surface area contributed by atoms with Gasteiger partial charge in [-0.05, 0) is 35.5 Å². The second kappa shape index (κ2) is 4.60. The van der Waals surface area contributed by atoms with Crippen LogP contribution in [0.4, 0.5) is 0 Å². The first-order valence-electron chi connectivity index (χ1n) is 5.53. The van der Waals surface area contributed by atoms with Crippen LogP contribution in [-0.4, -0.2) is 18.2 Å². The molecule has 86 valence electrons. The van der Waals surface area contributed by atoms with Crippen molar-refractivity contribution in [2.24, 2.45) is 7.05 Å². The predicted octanol–water partition coefficient (Wildman–Crippen LogP) is 3.01. The molecule has 0 saturated carbocycles. The zero-order valence-electron chi connectivity index (χ0n) is 9.97. The maximum atomic E-state index is 3.72. The Morgan fingerprint density at radius 2 is 2.12 bits per heavy atom. The third-order valence-electron chi connectivity index (χ3n) is 3.08. The number of likely N-dealkylation sites (N-methyl/N-ethyl adjacent to an activating group) is 1. The Morgan fingerprint density at radius 1 is 1.38 bits per heavy atom. The van der Waals surface area contributed by atoms with E-state index in [9.17, 15) is 0 Å². The highest BCUT2D eigenvalue weighted by Crippen LogP contribution is 2.32. The summed E-state index contributed by atoms with van der Waals surface area (Å²) in [4.78, 5) is 0. The van der Waals surface area contributed by atoms with E-state index < -0.39 is 0 Å². The molecule has 0 aliphatic carbocycles. The van der Waals surface area contributed by atoms with Crippen LogP contribution in [0, 0.1) is 6.92 Å². The maximum absolute atomic E-state index is 3.72. The van der Waals surface area contributed by atoms with Crippen LogP contribution in [-0.2, 0) is 13.5 Å². The van der Waals surface area contributed by atoms with Gasteiger partial charge in [-0.2, -0.15) is 0 Å². The Morgan fingerprint density at radius 3 is 2.75 bits per heavy atom. The second-order valence-corrected chi connectivity index (χ2v) is 4.94. The van der Waals surface area contributed by atoms with Gasteiger partial charge in [0.1, 0.15) is 0 Å². The van der Waals surface area contributed by atoms with E-state index in [4.69, 9.17) is 0 Å². The van der Waals surface area contributed by atoms with Gasteiger partial charge in [-0.1, -0.05) is 18.2 Å². The zero-order valence-corrected chi connectivity index (χ0v) is 11.6. The van der Waals surface area contributed by atoms with Crippen LogP contribution >= 0.6 is 15.9 Å². The molecule has 0 aliphatic heterocycles. The van der Waals surface area contributed by atoms with E-state index in [1.54, 1.807) is 0 Å². The quantitative estimate of drug-likeness (QED) is 0.915. The minimum Gasteiger partial charge on any atom is -0.346 e. The van der Waals surface area contributed by atoms with E-state index in [2.05, 4.69) is 58.0 Å². The monoisotopic (exact) mass is 280 g/mol. The fourth-order valence-corrected chi connectivity index (χ4v) is 3.02. The van der Waals surface area contributed by atoms with E-state index in [-0.39, 0.29) is 0 Å². The fourth-order valence-electron chi connectivity index (χ4n) is 2.24. The summed E-state index contributed by atoms with van der Waals surface area (Å²) in [7, 11) is 4.13. The minimum atomic E-state index is 1.00. The normalized spacial score (nSPS) is 11.2. The lowest BCUT2D eigenvalue weighted by Crippen LogP contribution is -2.12. The molecule has 2 rings (SSSR count). The highest BCUT2D eigenvalue weighted by molar-refractivity contribution is 9.10. The van der Waals surface area contributed by atoms with Crippen molar-refractivity contribution >= 4 is 26.8 Å². The van der Waals surface area contributed by atoms with Gasteiger partial charge in [-0.3, -0.25) is 0 Å². The van der Waals surface area contributed by atoms with Crippen molar-refractivity contribution in [1.29, 1.82) is 0 Å². The topological polar surface area (TPSA) is 17.0 Å². The summed E-state index contributed by atoms with van der Waals surface area (Å²) in [6.07, 6.45) is 1.04.